The Kier molecular flexibility index (Phi) is 4.35. The van der Waals surface area contributed by atoms with E-state index in [1.807, 2.05) is 47.4 Å². The van der Waals surface area contributed by atoms with Crippen LogP contribution in [0.2, 0.25) is 0 Å². The molecule has 2 N–H and O–H groups in total. The third kappa shape index (κ3) is 3.76. The SMILES string of the molecule is NC(=O)Cc1ccc2c(C3CC3)cc(-c3cnn(Cc4ccccc4)c3)nc2c1. The topological polar surface area (TPSA) is 73.8 Å². The summed E-state index contributed by atoms with van der Waals surface area (Å²) in [6, 6.07) is 18.5. The normalized spacial score (nSPS) is 13.7. The van der Waals surface area contributed by atoms with Crippen molar-refractivity contribution in [3.05, 3.63) is 83.7 Å². The van der Waals surface area contributed by atoms with Crippen LogP contribution in [-0.4, -0.2) is 20.7 Å². The Morgan fingerprint density at radius 1 is 1.07 bits per heavy atom. The summed E-state index contributed by atoms with van der Waals surface area (Å²) in [6.45, 7) is 0.729. The van der Waals surface area contributed by atoms with Gasteiger partial charge in [-0.2, -0.15) is 5.10 Å². The Morgan fingerprint density at radius 3 is 2.66 bits per heavy atom. The standard InChI is InChI=1S/C24H22N4O/c25-24(29)11-17-6-9-20-21(18-7-8-18)12-22(27-23(20)10-17)19-13-26-28(15-19)14-16-4-2-1-3-5-16/h1-6,9-10,12-13,15,18H,7-8,11,14H2,(H2,25,29). The molecule has 0 saturated heterocycles. The van der Waals surface area contributed by atoms with Gasteiger partial charge in [-0.3, -0.25) is 9.48 Å². The van der Waals surface area contributed by atoms with E-state index >= 15 is 0 Å². The Bertz CT molecular complexity index is 1190. The van der Waals surface area contributed by atoms with Crippen LogP contribution in [0, 0.1) is 0 Å². The number of carbonyl (C=O) groups is 1. The Balaban J connectivity index is 1.53. The van der Waals surface area contributed by atoms with Gasteiger partial charge in [-0.1, -0.05) is 42.5 Å². The van der Waals surface area contributed by atoms with Gasteiger partial charge in [-0.05, 0) is 47.6 Å². The highest BCUT2D eigenvalue weighted by Gasteiger charge is 2.26. The largest absolute Gasteiger partial charge is 0.369 e. The van der Waals surface area contributed by atoms with Gasteiger partial charge in [0.15, 0.2) is 0 Å². The molecule has 0 radical (unpaired) electrons. The fourth-order valence-electron chi connectivity index (χ4n) is 3.84. The predicted octanol–water partition coefficient (Wildman–Crippen LogP) is 4.05. The van der Waals surface area contributed by atoms with Crippen molar-refractivity contribution in [1.29, 1.82) is 0 Å². The van der Waals surface area contributed by atoms with E-state index in [0.29, 0.717) is 5.92 Å². The molecule has 0 aliphatic heterocycles. The summed E-state index contributed by atoms with van der Waals surface area (Å²) in [5.41, 5.74) is 11.7. The van der Waals surface area contributed by atoms with Crippen molar-refractivity contribution in [2.45, 2.75) is 31.7 Å². The van der Waals surface area contributed by atoms with Gasteiger partial charge in [0, 0.05) is 17.1 Å². The van der Waals surface area contributed by atoms with Gasteiger partial charge in [0.25, 0.3) is 0 Å². The molecule has 5 rings (SSSR count). The molecule has 29 heavy (non-hydrogen) atoms. The third-order valence-electron chi connectivity index (χ3n) is 5.42. The van der Waals surface area contributed by atoms with Gasteiger partial charge >= 0.3 is 0 Å². The van der Waals surface area contributed by atoms with E-state index in [0.717, 1.165) is 28.9 Å². The summed E-state index contributed by atoms with van der Waals surface area (Å²) in [6.07, 6.45) is 6.59. The lowest BCUT2D eigenvalue weighted by molar-refractivity contribution is -0.117. The minimum atomic E-state index is -0.329. The summed E-state index contributed by atoms with van der Waals surface area (Å²) in [5, 5.41) is 5.70. The number of rotatable bonds is 6. The maximum Gasteiger partial charge on any atom is 0.221 e. The number of amides is 1. The Hall–Kier alpha value is -3.47. The van der Waals surface area contributed by atoms with Crippen molar-refractivity contribution in [3.8, 4) is 11.3 Å². The number of primary amides is 1. The van der Waals surface area contributed by atoms with E-state index in [4.69, 9.17) is 10.7 Å². The first-order valence-corrected chi connectivity index (χ1v) is 9.94. The lowest BCUT2D eigenvalue weighted by Crippen LogP contribution is -2.13. The van der Waals surface area contributed by atoms with E-state index in [9.17, 15) is 4.79 Å². The van der Waals surface area contributed by atoms with Crippen LogP contribution in [0.5, 0.6) is 0 Å². The number of hydrogen-bond acceptors (Lipinski definition) is 3. The molecule has 0 unspecified atom stereocenters. The van der Waals surface area contributed by atoms with Crippen LogP contribution in [0.1, 0.15) is 35.4 Å². The molecule has 0 spiro atoms. The number of aromatic nitrogens is 3. The first-order valence-electron chi connectivity index (χ1n) is 9.94. The summed E-state index contributed by atoms with van der Waals surface area (Å²) >= 11 is 0. The summed E-state index contributed by atoms with van der Waals surface area (Å²) in [4.78, 5) is 16.2. The highest BCUT2D eigenvalue weighted by molar-refractivity contribution is 5.87. The highest BCUT2D eigenvalue weighted by Crippen LogP contribution is 2.44. The lowest BCUT2D eigenvalue weighted by atomic mass is 10.00. The average Bonchev–Trinajstić information content (AvgIpc) is 3.46. The molecule has 1 fully saturated rings. The fraction of sp³-hybridized carbons (Fsp3) is 0.208. The smallest absolute Gasteiger partial charge is 0.221 e. The van der Waals surface area contributed by atoms with Gasteiger partial charge in [0.1, 0.15) is 0 Å². The molecule has 2 aromatic heterocycles. The summed E-state index contributed by atoms with van der Waals surface area (Å²) < 4.78 is 1.94. The Morgan fingerprint density at radius 2 is 1.90 bits per heavy atom. The van der Waals surface area contributed by atoms with E-state index in [-0.39, 0.29) is 12.3 Å². The van der Waals surface area contributed by atoms with Crippen LogP contribution in [0.15, 0.2) is 67.0 Å². The van der Waals surface area contributed by atoms with Crippen LogP contribution in [0.25, 0.3) is 22.2 Å². The number of pyridine rings is 1. The van der Waals surface area contributed by atoms with Crippen LogP contribution in [-0.2, 0) is 17.8 Å². The van der Waals surface area contributed by atoms with Gasteiger partial charge in [-0.25, -0.2) is 4.98 Å². The van der Waals surface area contributed by atoms with Gasteiger partial charge in [0.2, 0.25) is 5.91 Å². The maximum absolute atomic E-state index is 11.3. The maximum atomic E-state index is 11.3. The van der Waals surface area contributed by atoms with Crippen molar-refractivity contribution < 1.29 is 4.79 Å². The van der Waals surface area contributed by atoms with Gasteiger partial charge in [0.05, 0.1) is 30.4 Å². The molecule has 0 atom stereocenters. The van der Waals surface area contributed by atoms with E-state index in [2.05, 4.69) is 29.4 Å². The number of nitrogens with zero attached hydrogens (tertiary/aromatic N) is 3. The molecular formula is C24H22N4O. The summed E-state index contributed by atoms with van der Waals surface area (Å²) in [7, 11) is 0. The minimum absolute atomic E-state index is 0.232. The van der Waals surface area contributed by atoms with Gasteiger partial charge < -0.3 is 5.73 Å². The predicted molar refractivity (Wildman–Crippen MR) is 113 cm³/mol. The van der Waals surface area contributed by atoms with E-state index < -0.39 is 0 Å². The molecule has 0 bridgehead atoms. The number of nitrogens with two attached hydrogens (primary N) is 1. The number of fused-ring (bicyclic) bond motifs is 1. The molecule has 1 saturated carbocycles. The zero-order valence-corrected chi connectivity index (χ0v) is 16.1. The molecule has 1 aliphatic rings. The van der Waals surface area contributed by atoms with E-state index in [1.165, 1.54) is 29.4 Å². The second-order valence-corrected chi connectivity index (χ2v) is 7.78. The fourth-order valence-corrected chi connectivity index (χ4v) is 3.84. The minimum Gasteiger partial charge on any atom is -0.369 e. The lowest BCUT2D eigenvalue weighted by Gasteiger charge is -2.09. The third-order valence-corrected chi connectivity index (χ3v) is 5.42. The first-order chi connectivity index (χ1) is 14.2. The summed E-state index contributed by atoms with van der Waals surface area (Å²) in [5.74, 6) is 0.269. The first kappa shape index (κ1) is 17.6. The van der Waals surface area contributed by atoms with Crippen LogP contribution in [0.4, 0.5) is 0 Å². The molecule has 1 aliphatic carbocycles. The molecule has 4 aromatic rings. The van der Waals surface area contributed by atoms with Crippen molar-refractivity contribution in [3.63, 3.8) is 0 Å². The number of benzene rings is 2. The molecule has 5 nitrogen and oxygen atoms in total. The quantitative estimate of drug-likeness (QED) is 0.547. The monoisotopic (exact) mass is 382 g/mol. The molecule has 2 aromatic carbocycles. The van der Waals surface area contributed by atoms with Crippen molar-refractivity contribution >= 4 is 16.8 Å². The van der Waals surface area contributed by atoms with Crippen LogP contribution >= 0.6 is 0 Å². The molecule has 1 amide bonds. The van der Waals surface area contributed by atoms with Crippen molar-refractivity contribution in [1.82, 2.24) is 14.8 Å². The molecule has 144 valence electrons. The van der Waals surface area contributed by atoms with Crippen LogP contribution < -0.4 is 5.73 Å². The zero-order valence-electron chi connectivity index (χ0n) is 16.1. The molecular weight excluding hydrogens is 360 g/mol. The highest BCUT2D eigenvalue weighted by atomic mass is 16.1. The van der Waals surface area contributed by atoms with E-state index in [1.54, 1.807) is 0 Å². The zero-order chi connectivity index (χ0) is 19.8. The number of carbonyl (C=O) groups excluding carboxylic acids is 1. The van der Waals surface area contributed by atoms with Gasteiger partial charge in [-0.15, -0.1) is 0 Å². The molecule has 5 heteroatoms. The average molecular weight is 382 g/mol. The second-order valence-electron chi connectivity index (χ2n) is 7.78. The Labute approximate surface area is 169 Å². The van der Waals surface area contributed by atoms with Crippen LogP contribution in [0.3, 0.4) is 0 Å². The second kappa shape index (κ2) is 7.17. The van der Waals surface area contributed by atoms with Crippen molar-refractivity contribution in [2.75, 3.05) is 0 Å². The number of hydrogen-bond donors (Lipinski definition) is 1. The van der Waals surface area contributed by atoms with Crippen molar-refractivity contribution in [2.24, 2.45) is 5.73 Å². The molecule has 2 heterocycles.